The number of rotatable bonds is 4. The van der Waals surface area contributed by atoms with Gasteiger partial charge in [0.25, 0.3) is 10.2 Å². The number of hydrogen-bond donors (Lipinski definition) is 1. The molecule has 2 aliphatic rings. The molecule has 1 aromatic heterocycles. The summed E-state index contributed by atoms with van der Waals surface area (Å²) in [4.78, 5) is 2.02. The van der Waals surface area contributed by atoms with E-state index in [1.54, 1.807) is 0 Å². The molecule has 0 amide bonds. The summed E-state index contributed by atoms with van der Waals surface area (Å²) in [6.07, 6.45) is 4.53. The predicted molar refractivity (Wildman–Crippen MR) is 76.6 cm³/mol. The van der Waals surface area contributed by atoms with Gasteiger partial charge in [0, 0.05) is 6.54 Å². The summed E-state index contributed by atoms with van der Waals surface area (Å²) in [5.74, 6) is -0.611. The molecule has 1 unspecified atom stereocenters. The molecule has 2 N–H and O–H groups in total. The first-order valence-electron chi connectivity index (χ1n) is 7.11. The lowest BCUT2D eigenvalue weighted by Crippen LogP contribution is -2.51. The fourth-order valence-electron chi connectivity index (χ4n) is 2.93. The van der Waals surface area contributed by atoms with Gasteiger partial charge in [-0.25, -0.2) is 14.1 Å². The van der Waals surface area contributed by atoms with Crippen molar-refractivity contribution in [3.63, 3.8) is 0 Å². The van der Waals surface area contributed by atoms with E-state index in [1.807, 2.05) is 11.9 Å². The number of aromatic nitrogens is 2. The van der Waals surface area contributed by atoms with Crippen molar-refractivity contribution in [2.75, 3.05) is 24.4 Å². The molecule has 1 saturated heterocycles. The molecule has 1 saturated carbocycles. The molecule has 0 radical (unpaired) electrons. The third-order valence-electron chi connectivity index (χ3n) is 4.05. The number of piperidine rings is 1. The molecule has 1 atom stereocenters. The lowest BCUT2D eigenvalue weighted by atomic mass is 10.1. The average molecular weight is 317 g/mol. The third kappa shape index (κ3) is 2.90. The van der Waals surface area contributed by atoms with Crippen LogP contribution in [0.5, 0.6) is 0 Å². The van der Waals surface area contributed by atoms with Crippen LogP contribution < -0.4 is 9.44 Å². The van der Waals surface area contributed by atoms with Crippen LogP contribution in [0.25, 0.3) is 0 Å². The normalized spacial score (nSPS) is 24.2. The van der Waals surface area contributed by atoms with Crippen molar-refractivity contribution in [1.82, 2.24) is 14.7 Å². The van der Waals surface area contributed by atoms with Gasteiger partial charge in [-0.1, -0.05) is 0 Å². The largest absolute Gasteiger partial charge is 0.304 e. The van der Waals surface area contributed by atoms with E-state index in [4.69, 9.17) is 5.14 Å². The lowest BCUT2D eigenvalue weighted by Gasteiger charge is -2.36. The van der Waals surface area contributed by atoms with Crippen molar-refractivity contribution >= 4 is 15.9 Å². The lowest BCUT2D eigenvalue weighted by molar-refractivity contribution is 0.252. The van der Waals surface area contributed by atoms with E-state index in [2.05, 4.69) is 5.10 Å². The van der Waals surface area contributed by atoms with Crippen molar-refractivity contribution in [2.45, 2.75) is 37.8 Å². The van der Waals surface area contributed by atoms with Crippen LogP contribution in [0.15, 0.2) is 6.20 Å². The molecule has 118 valence electrons. The average Bonchev–Trinajstić information content (AvgIpc) is 3.15. The Bertz CT molecular complexity index is 628. The Balaban J connectivity index is 1.96. The van der Waals surface area contributed by atoms with E-state index in [-0.39, 0.29) is 17.8 Å². The van der Waals surface area contributed by atoms with Gasteiger partial charge in [-0.05, 0) is 39.3 Å². The van der Waals surface area contributed by atoms with Crippen LogP contribution in [-0.2, 0) is 10.2 Å². The van der Waals surface area contributed by atoms with E-state index >= 15 is 0 Å². The topological polar surface area (TPSA) is 84.5 Å². The quantitative estimate of drug-likeness (QED) is 0.874. The van der Waals surface area contributed by atoms with Gasteiger partial charge in [-0.2, -0.15) is 17.9 Å². The highest BCUT2D eigenvalue weighted by atomic mass is 32.2. The number of halogens is 1. The van der Waals surface area contributed by atoms with Gasteiger partial charge >= 0.3 is 0 Å². The van der Waals surface area contributed by atoms with Crippen LogP contribution in [0.1, 0.15) is 31.7 Å². The number of nitrogens with zero attached hydrogens (tertiary/aromatic N) is 4. The zero-order valence-electron chi connectivity index (χ0n) is 11.9. The molecule has 1 aromatic rings. The Morgan fingerprint density at radius 2 is 2.14 bits per heavy atom. The van der Waals surface area contributed by atoms with E-state index in [1.165, 1.54) is 10.9 Å². The second-order valence-electron chi connectivity index (χ2n) is 5.90. The van der Waals surface area contributed by atoms with Crippen LogP contribution >= 0.6 is 0 Å². The molecule has 0 spiro atoms. The van der Waals surface area contributed by atoms with E-state index in [0.717, 1.165) is 30.1 Å². The molecule has 1 aliphatic carbocycles. The molecule has 1 aliphatic heterocycles. The second-order valence-corrected chi connectivity index (χ2v) is 7.32. The number of hydrogen-bond acceptors (Lipinski definition) is 4. The molecule has 3 rings (SSSR count). The summed E-state index contributed by atoms with van der Waals surface area (Å²) >= 11 is 0. The molecular formula is C12H20FN5O2S. The fraction of sp³-hybridized carbons (Fsp3) is 0.750. The maximum Gasteiger partial charge on any atom is 0.299 e. The minimum Gasteiger partial charge on any atom is -0.304 e. The highest BCUT2D eigenvalue weighted by Gasteiger charge is 2.36. The second kappa shape index (κ2) is 5.22. The first-order valence-corrected chi connectivity index (χ1v) is 8.62. The monoisotopic (exact) mass is 317 g/mol. The van der Waals surface area contributed by atoms with Crippen molar-refractivity contribution in [3.05, 3.63) is 12.1 Å². The standard InChI is InChI=1S/C12H20FN5O2S/c1-16-6-2-3-10(8-16)18(21(14,19)20)11-7-15-17(12(11)13)9-4-5-9/h7,9-10H,2-6,8H2,1H3,(H2,14,19,20). The molecule has 2 fully saturated rings. The summed E-state index contributed by atoms with van der Waals surface area (Å²) < 4.78 is 40.7. The zero-order chi connectivity index (χ0) is 15.2. The Labute approximate surface area is 123 Å². The number of nitrogens with two attached hydrogens (primary N) is 1. The SMILES string of the molecule is CN1CCCC(N(c2cnn(C3CC3)c2F)S(N)(=O)=O)C1. The summed E-state index contributed by atoms with van der Waals surface area (Å²) in [6, 6.07) is -0.305. The Hall–Kier alpha value is -1.19. The fourth-order valence-corrected chi connectivity index (χ4v) is 3.92. The molecule has 9 heteroatoms. The van der Waals surface area contributed by atoms with Crippen LogP contribution in [0.3, 0.4) is 0 Å². The van der Waals surface area contributed by atoms with E-state index < -0.39 is 16.2 Å². The Morgan fingerprint density at radius 1 is 1.43 bits per heavy atom. The van der Waals surface area contributed by atoms with Crippen molar-refractivity contribution < 1.29 is 12.8 Å². The summed E-state index contributed by atoms with van der Waals surface area (Å²) in [5.41, 5.74) is -0.0373. The maximum absolute atomic E-state index is 14.5. The van der Waals surface area contributed by atoms with Gasteiger partial charge in [-0.15, -0.1) is 0 Å². The van der Waals surface area contributed by atoms with Crippen LogP contribution in [0.2, 0.25) is 0 Å². The highest BCUT2D eigenvalue weighted by Crippen LogP contribution is 2.37. The number of likely N-dealkylation sites (tertiary alicyclic amines) is 1. The summed E-state index contributed by atoms with van der Waals surface area (Å²) in [7, 11) is -2.13. The molecule has 0 bridgehead atoms. The predicted octanol–water partition coefficient (Wildman–Crippen LogP) is 0.461. The molecule has 7 nitrogen and oxygen atoms in total. The Morgan fingerprint density at radius 3 is 2.71 bits per heavy atom. The van der Waals surface area contributed by atoms with E-state index in [0.29, 0.717) is 13.0 Å². The summed E-state index contributed by atoms with van der Waals surface area (Å²) in [5, 5.41) is 9.33. The van der Waals surface area contributed by atoms with Gasteiger partial charge in [0.05, 0.1) is 18.3 Å². The van der Waals surface area contributed by atoms with Crippen molar-refractivity contribution in [1.29, 1.82) is 0 Å². The smallest absolute Gasteiger partial charge is 0.299 e. The van der Waals surface area contributed by atoms with Crippen molar-refractivity contribution in [2.24, 2.45) is 5.14 Å². The van der Waals surface area contributed by atoms with Crippen molar-refractivity contribution in [3.8, 4) is 0 Å². The minimum atomic E-state index is -4.04. The molecule has 0 aromatic carbocycles. The minimum absolute atomic E-state index is 0.0373. The van der Waals surface area contributed by atoms with E-state index in [9.17, 15) is 12.8 Å². The third-order valence-corrected chi connectivity index (χ3v) is 5.10. The van der Waals surface area contributed by atoms with Crippen LogP contribution in [0, 0.1) is 5.95 Å². The van der Waals surface area contributed by atoms with Crippen LogP contribution in [-0.4, -0.2) is 49.3 Å². The van der Waals surface area contributed by atoms with Gasteiger partial charge in [-0.3, -0.25) is 0 Å². The molecular weight excluding hydrogens is 297 g/mol. The highest BCUT2D eigenvalue weighted by molar-refractivity contribution is 7.90. The van der Waals surface area contributed by atoms with Gasteiger partial charge in [0.1, 0.15) is 5.69 Å². The van der Waals surface area contributed by atoms with Gasteiger partial charge in [0.15, 0.2) is 0 Å². The van der Waals surface area contributed by atoms with Gasteiger partial charge < -0.3 is 4.90 Å². The Kier molecular flexibility index (Phi) is 3.66. The summed E-state index contributed by atoms with van der Waals surface area (Å²) in [6.45, 7) is 1.43. The zero-order valence-corrected chi connectivity index (χ0v) is 12.8. The number of anilines is 1. The maximum atomic E-state index is 14.5. The number of likely N-dealkylation sites (N-methyl/N-ethyl adjacent to an activating group) is 1. The van der Waals surface area contributed by atoms with Crippen LogP contribution in [0.4, 0.5) is 10.1 Å². The molecule has 21 heavy (non-hydrogen) atoms. The first-order chi connectivity index (χ1) is 9.88. The molecule has 2 heterocycles. The first kappa shape index (κ1) is 14.7. The van der Waals surface area contributed by atoms with Gasteiger partial charge in [0.2, 0.25) is 5.95 Å².